The molecule has 1 N–H and O–H groups in total. The van der Waals surface area contributed by atoms with Gasteiger partial charge in [-0.25, -0.2) is 0 Å². The van der Waals surface area contributed by atoms with Crippen LogP contribution in [0.4, 0.5) is 0 Å². The van der Waals surface area contributed by atoms with E-state index in [1.165, 1.54) is 0 Å². The van der Waals surface area contributed by atoms with E-state index in [0.29, 0.717) is 21.3 Å². The number of hydrogen-bond acceptors (Lipinski definition) is 3. The molecule has 3 aromatic carbocycles. The second-order valence-electron chi connectivity index (χ2n) is 7.49. The number of pyridine rings is 1. The van der Waals surface area contributed by atoms with Crippen molar-refractivity contribution in [1.29, 1.82) is 0 Å². The molecule has 0 radical (unpaired) electrons. The van der Waals surface area contributed by atoms with Crippen molar-refractivity contribution >= 4 is 83.6 Å². The first-order valence-electron chi connectivity index (χ1n) is 10.1. The number of carboxylic acid groups (broad SMARTS) is 1. The molecule has 34 heavy (non-hydrogen) atoms. The van der Waals surface area contributed by atoms with E-state index in [9.17, 15) is 14.7 Å². The summed E-state index contributed by atoms with van der Waals surface area (Å²) in [7, 11) is 0. The van der Waals surface area contributed by atoms with Crippen LogP contribution in [0.3, 0.4) is 0 Å². The first-order chi connectivity index (χ1) is 16.2. The molecule has 0 amide bonds. The molecule has 0 aliphatic carbocycles. The number of carbonyl (C=O) groups excluding carboxylic acids is 1. The number of nitrogens with zero attached hydrogens (tertiary/aromatic N) is 1. The molecule has 0 aliphatic heterocycles. The Morgan fingerprint density at radius 1 is 0.853 bits per heavy atom. The molecule has 0 saturated carbocycles. The first-order valence-corrected chi connectivity index (χ1v) is 13.8. The topological polar surface area (TPSA) is 67.3 Å². The second-order valence-corrected chi connectivity index (χ2v) is 12.1. The number of carboxylic acids is 1. The van der Waals surface area contributed by atoms with Gasteiger partial charge in [-0.05, 0) is 0 Å². The second kappa shape index (κ2) is 10.7. The van der Waals surface area contributed by atoms with Crippen LogP contribution in [0.5, 0.6) is 0 Å². The molecule has 4 nitrogen and oxygen atoms in total. The van der Waals surface area contributed by atoms with Crippen molar-refractivity contribution in [1.82, 2.24) is 4.98 Å². The van der Waals surface area contributed by atoms with Crippen LogP contribution >= 0.6 is 46.4 Å². The number of carbonyl (C=O) groups is 2. The third kappa shape index (κ3) is 5.43. The summed E-state index contributed by atoms with van der Waals surface area (Å²) in [4.78, 5) is 29.4. The van der Waals surface area contributed by atoms with E-state index in [1.807, 2.05) is 30.3 Å². The van der Waals surface area contributed by atoms with Crippen LogP contribution < -0.4 is 0 Å². The van der Waals surface area contributed by atoms with Gasteiger partial charge in [0.15, 0.2) is 0 Å². The van der Waals surface area contributed by atoms with E-state index in [0.717, 1.165) is 16.5 Å². The van der Waals surface area contributed by atoms with Crippen molar-refractivity contribution in [2.75, 3.05) is 0 Å². The molecule has 1 unspecified atom stereocenters. The maximum atomic E-state index is 12.8. The van der Waals surface area contributed by atoms with Crippen LogP contribution in [-0.4, -0.2) is 36.4 Å². The summed E-state index contributed by atoms with van der Waals surface area (Å²) in [6, 6.07) is 19.3. The quantitative estimate of drug-likeness (QED) is 0.230. The number of aliphatic carboxylic acids is 1. The van der Waals surface area contributed by atoms with E-state index in [-0.39, 0.29) is 26.6 Å². The van der Waals surface area contributed by atoms with Gasteiger partial charge in [-0.3, -0.25) is 0 Å². The summed E-state index contributed by atoms with van der Waals surface area (Å²) in [5.74, 6) is -1.02. The molecule has 9 heteroatoms. The number of benzene rings is 3. The van der Waals surface area contributed by atoms with Gasteiger partial charge in [0.05, 0.1) is 0 Å². The summed E-state index contributed by atoms with van der Waals surface area (Å²) >= 11 is 23.3. The van der Waals surface area contributed by atoms with E-state index in [2.05, 4.69) is 4.98 Å². The Morgan fingerprint density at radius 3 is 2.09 bits per heavy atom. The third-order valence-electron chi connectivity index (χ3n) is 5.21. The van der Waals surface area contributed by atoms with Gasteiger partial charge >= 0.3 is 224 Å². The number of aromatic nitrogens is 1. The SMILES string of the molecule is O=C([AsH][C@H](Cc1ccc2nc(-c3c(Cl)cccc3Cl)ccc2c1)C(=O)O)c1c(Cl)cccc1Cl. The molecule has 1 aromatic heterocycles. The molecule has 0 spiro atoms. The van der Waals surface area contributed by atoms with Crippen molar-refractivity contribution in [2.45, 2.75) is 11.1 Å². The van der Waals surface area contributed by atoms with Gasteiger partial charge in [-0.1, -0.05) is 0 Å². The van der Waals surface area contributed by atoms with Crippen molar-refractivity contribution in [3.05, 3.63) is 97.9 Å². The molecule has 0 bridgehead atoms. The molecule has 2 atom stereocenters. The summed E-state index contributed by atoms with van der Waals surface area (Å²) in [5, 5.41) is 12.1. The zero-order chi connectivity index (χ0) is 24.4. The van der Waals surface area contributed by atoms with Gasteiger partial charge in [-0.2, -0.15) is 0 Å². The maximum absolute atomic E-state index is 12.8. The minimum absolute atomic E-state index is 0.200. The monoisotopic (exact) mass is 593 g/mol. The zero-order valence-electron chi connectivity index (χ0n) is 17.4. The van der Waals surface area contributed by atoms with E-state index < -0.39 is 26.4 Å². The predicted octanol–water partition coefficient (Wildman–Crippen LogP) is 7.21. The Balaban J connectivity index is 1.59. The fourth-order valence-electron chi connectivity index (χ4n) is 3.56. The number of hydrogen-bond donors (Lipinski definition) is 1. The van der Waals surface area contributed by atoms with E-state index in [4.69, 9.17) is 46.4 Å². The Labute approximate surface area is 222 Å². The molecule has 4 aromatic rings. The van der Waals surface area contributed by atoms with Crippen molar-refractivity contribution < 1.29 is 14.7 Å². The summed E-state index contributed by atoms with van der Waals surface area (Å²) in [5.41, 5.74) is 3.02. The van der Waals surface area contributed by atoms with Crippen molar-refractivity contribution in [3.8, 4) is 11.3 Å². The van der Waals surface area contributed by atoms with Crippen LogP contribution in [0, 0.1) is 0 Å². The molecular weight excluding hydrogens is 579 g/mol. The van der Waals surface area contributed by atoms with Crippen molar-refractivity contribution in [2.24, 2.45) is 0 Å². The average Bonchev–Trinajstić information content (AvgIpc) is 2.78. The van der Waals surface area contributed by atoms with E-state index >= 15 is 0 Å². The Kier molecular flexibility index (Phi) is 7.86. The summed E-state index contributed by atoms with van der Waals surface area (Å²) in [6.45, 7) is 0. The van der Waals surface area contributed by atoms with Crippen LogP contribution in [-0.2, 0) is 11.2 Å². The van der Waals surface area contributed by atoms with Gasteiger partial charge in [0.25, 0.3) is 0 Å². The van der Waals surface area contributed by atoms with Crippen LogP contribution in [0.15, 0.2) is 66.7 Å². The predicted molar refractivity (Wildman–Crippen MR) is 140 cm³/mol. The van der Waals surface area contributed by atoms with Gasteiger partial charge in [-0.15, -0.1) is 0 Å². The fourth-order valence-corrected chi connectivity index (χ4v) is 7.56. The first kappa shape index (κ1) is 25.0. The van der Waals surface area contributed by atoms with Gasteiger partial charge in [0.2, 0.25) is 0 Å². The minimum atomic E-state index is -1.59. The third-order valence-corrected chi connectivity index (χ3v) is 9.22. The number of fused-ring (bicyclic) bond motifs is 1. The molecule has 0 aliphatic rings. The fraction of sp³-hybridized carbons (Fsp3) is 0.0800. The van der Waals surface area contributed by atoms with Crippen LogP contribution in [0.25, 0.3) is 22.2 Å². The normalized spacial score (nSPS) is 12.4. The van der Waals surface area contributed by atoms with Crippen LogP contribution in [0.1, 0.15) is 15.9 Å². The number of halogens is 4. The summed E-state index contributed by atoms with van der Waals surface area (Å²) in [6.07, 6.45) is 0.219. The number of rotatable bonds is 7. The zero-order valence-corrected chi connectivity index (χ0v) is 22.5. The van der Waals surface area contributed by atoms with Crippen molar-refractivity contribution in [3.63, 3.8) is 0 Å². The Morgan fingerprint density at radius 2 is 1.47 bits per heavy atom. The molecule has 172 valence electrons. The molecule has 0 saturated heterocycles. The average molecular weight is 595 g/mol. The molecule has 4 rings (SSSR count). The molecule has 1 heterocycles. The Hall–Kier alpha value is -2.07. The molecular formula is C25H16AsCl4NO3. The summed E-state index contributed by atoms with van der Waals surface area (Å²) < 4.78 is -1.10. The van der Waals surface area contributed by atoms with Gasteiger partial charge in [0.1, 0.15) is 0 Å². The van der Waals surface area contributed by atoms with Crippen LogP contribution in [0.2, 0.25) is 24.8 Å². The molecule has 0 fully saturated rings. The van der Waals surface area contributed by atoms with Gasteiger partial charge in [0, 0.05) is 0 Å². The van der Waals surface area contributed by atoms with Gasteiger partial charge < -0.3 is 0 Å². The Bertz CT molecular complexity index is 1390. The standard InChI is InChI=1S/C25H16AsCl4NO3/c27-16-3-1-4-17(28)22(16)21-10-8-14-11-13(7-9-20(14)31-21)12-15(25(33)34)26-24(32)23-18(29)5-2-6-19(23)30/h1-11,15,26H,12H2,(H,33,34)/t15-/m1/s1. The van der Waals surface area contributed by atoms with E-state index in [1.54, 1.807) is 36.4 Å².